The van der Waals surface area contributed by atoms with Crippen LogP contribution < -0.4 is 0 Å². The first kappa shape index (κ1) is 12.2. The first-order valence-corrected chi connectivity index (χ1v) is 7.57. The summed E-state index contributed by atoms with van der Waals surface area (Å²) in [5.74, 6) is 0.365. The third kappa shape index (κ3) is 2.09. The second kappa shape index (κ2) is 4.69. The Bertz CT molecular complexity index is 444. The number of hydrogen-bond donors (Lipinski definition) is 0. The molecule has 0 N–H and O–H groups in total. The number of benzene rings is 1. The van der Waals surface area contributed by atoms with Crippen molar-refractivity contribution in [3.8, 4) is 0 Å². The summed E-state index contributed by atoms with van der Waals surface area (Å²) in [4.78, 5) is 14.8. The van der Waals surface area contributed by atoms with E-state index in [1.165, 1.54) is 24.8 Å². The molecule has 1 aromatic carbocycles. The van der Waals surface area contributed by atoms with Crippen LogP contribution in [0.25, 0.3) is 0 Å². The Morgan fingerprint density at radius 3 is 2.22 bits per heavy atom. The van der Waals surface area contributed by atoms with Gasteiger partial charge < -0.3 is 4.90 Å². The molecule has 96 valence electrons. The molecule has 0 bridgehead atoms. The lowest BCUT2D eigenvalue weighted by molar-refractivity contribution is -0.134. The lowest BCUT2D eigenvalue weighted by Crippen LogP contribution is -2.42. The molecule has 0 atom stereocenters. The molecule has 0 aromatic heterocycles. The summed E-state index contributed by atoms with van der Waals surface area (Å²) in [7, 11) is 0. The van der Waals surface area contributed by atoms with Gasteiger partial charge in [-0.2, -0.15) is 0 Å². The van der Waals surface area contributed by atoms with Crippen LogP contribution in [-0.4, -0.2) is 23.9 Å². The normalized spacial score (nSPS) is 21.7. The number of nitrogens with zero attached hydrogens (tertiary/aromatic N) is 1. The average Bonchev–Trinajstić information content (AvgIpc) is 3.21. The summed E-state index contributed by atoms with van der Waals surface area (Å²) < 4.78 is 1.08. The summed E-state index contributed by atoms with van der Waals surface area (Å²) in [5, 5.41) is 0. The van der Waals surface area contributed by atoms with Crippen LogP contribution in [0.4, 0.5) is 0 Å². The van der Waals surface area contributed by atoms with Crippen LogP contribution in [0.1, 0.15) is 37.7 Å². The van der Waals surface area contributed by atoms with Crippen molar-refractivity contribution in [1.29, 1.82) is 0 Å². The molecule has 1 aromatic rings. The van der Waals surface area contributed by atoms with Gasteiger partial charge in [-0.05, 0) is 49.8 Å². The minimum atomic E-state index is -0.182. The standard InChI is InChI=1S/C15H18BrNO/c16-13-6-4-12(5-7-13)15(8-9-15)14(18)17-10-2-1-3-11-17/h4-7H,1-3,8-11H2. The Kier molecular flexibility index (Phi) is 3.18. The molecule has 1 heterocycles. The second-order valence-corrected chi connectivity index (χ2v) is 6.36. The van der Waals surface area contributed by atoms with Crippen molar-refractivity contribution < 1.29 is 4.79 Å². The first-order chi connectivity index (χ1) is 8.72. The van der Waals surface area contributed by atoms with Crippen LogP contribution in [0, 0.1) is 0 Å². The molecular formula is C15H18BrNO. The monoisotopic (exact) mass is 307 g/mol. The molecule has 0 radical (unpaired) electrons. The third-order valence-corrected chi connectivity index (χ3v) is 4.73. The van der Waals surface area contributed by atoms with Crippen LogP contribution >= 0.6 is 15.9 Å². The van der Waals surface area contributed by atoms with Crippen molar-refractivity contribution in [3.05, 3.63) is 34.3 Å². The minimum Gasteiger partial charge on any atom is -0.342 e. The number of carbonyl (C=O) groups excluding carboxylic acids is 1. The molecule has 2 aliphatic rings. The van der Waals surface area contributed by atoms with Gasteiger partial charge in [0.05, 0.1) is 5.41 Å². The summed E-state index contributed by atoms with van der Waals surface area (Å²) in [6, 6.07) is 8.27. The van der Waals surface area contributed by atoms with Gasteiger partial charge in [-0.25, -0.2) is 0 Å². The zero-order valence-corrected chi connectivity index (χ0v) is 12.1. The van der Waals surface area contributed by atoms with Crippen LogP contribution in [0.2, 0.25) is 0 Å². The van der Waals surface area contributed by atoms with Gasteiger partial charge in [0.1, 0.15) is 0 Å². The van der Waals surface area contributed by atoms with Crippen molar-refractivity contribution in [2.75, 3.05) is 13.1 Å². The van der Waals surface area contributed by atoms with Crippen LogP contribution in [0.3, 0.4) is 0 Å². The molecule has 3 rings (SSSR count). The predicted octanol–water partition coefficient (Wildman–Crippen LogP) is 3.49. The number of amides is 1. The number of halogens is 1. The molecule has 3 heteroatoms. The van der Waals surface area contributed by atoms with E-state index >= 15 is 0 Å². The summed E-state index contributed by atoms with van der Waals surface area (Å²) in [5.41, 5.74) is 1.01. The maximum Gasteiger partial charge on any atom is 0.233 e. The Labute approximate surface area is 116 Å². The van der Waals surface area contributed by atoms with Crippen LogP contribution in [-0.2, 0) is 10.2 Å². The summed E-state index contributed by atoms with van der Waals surface area (Å²) >= 11 is 3.45. The predicted molar refractivity (Wildman–Crippen MR) is 75.5 cm³/mol. The van der Waals surface area contributed by atoms with Gasteiger partial charge in [0.2, 0.25) is 5.91 Å². The fourth-order valence-corrected chi connectivity index (χ4v) is 3.18. The van der Waals surface area contributed by atoms with Crippen LogP contribution in [0.5, 0.6) is 0 Å². The maximum absolute atomic E-state index is 12.7. The molecular weight excluding hydrogens is 290 g/mol. The topological polar surface area (TPSA) is 20.3 Å². The number of rotatable bonds is 2. The Balaban J connectivity index is 1.81. The van der Waals surface area contributed by atoms with E-state index in [4.69, 9.17) is 0 Å². The highest BCUT2D eigenvalue weighted by Gasteiger charge is 2.52. The zero-order chi connectivity index (χ0) is 12.6. The number of piperidine rings is 1. The molecule has 1 aliphatic carbocycles. The first-order valence-electron chi connectivity index (χ1n) is 6.78. The second-order valence-electron chi connectivity index (χ2n) is 5.44. The van der Waals surface area contributed by atoms with Gasteiger partial charge in [-0.15, -0.1) is 0 Å². The summed E-state index contributed by atoms with van der Waals surface area (Å²) in [6.07, 6.45) is 5.65. The molecule has 1 saturated carbocycles. The molecule has 2 nitrogen and oxygen atoms in total. The largest absolute Gasteiger partial charge is 0.342 e. The highest BCUT2D eigenvalue weighted by molar-refractivity contribution is 9.10. The fourth-order valence-electron chi connectivity index (χ4n) is 2.92. The van der Waals surface area contributed by atoms with Crippen molar-refractivity contribution in [3.63, 3.8) is 0 Å². The van der Waals surface area contributed by atoms with E-state index in [1.54, 1.807) is 0 Å². The van der Waals surface area contributed by atoms with Crippen LogP contribution in [0.15, 0.2) is 28.7 Å². The Morgan fingerprint density at radius 1 is 1.06 bits per heavy atom. The highest BCUT2D eigenvalue weighted by atomic mass is 79.9. The molecule has 0 spiro atoms. The third-order valence-electron chi connectivity index (χ3n) is 4.20. The maximum atomic E-state index is 12.7. The van der Waals surface area contributed by atoms with Crippen molar-refractivity contribution in [2.24, 2.45) is 0 Å². The average molecular weight is 308 g/mol. The van der Waals surface area contributed by atoms with E-state index in [0.717, 1.165) is 30.4 Å². The van der Waals surface area contributed by atoms with Gasteiger partial charge >= 0.3 is 0 Å². The number of likely N-dealkylation sites (tertiary alicyclic amines) is 1. The molecule has 18 heavy (non-hydrogen) atoms. The zero-order valence-electron chi connectivity index (χ0n) is 10.5. The fraction of sp³-hybridized carbons (Fsp3) is 0.533. The van der Waals surface area contributed by atoms with Gasteiger partial charge in [0, 0.05) is 17.6 Å². The van der Waals surface area contributed by atoms with E-state index in [0.29, 0.717) is 5.91 Å². The highest BCUT2D eigenvalue weighted by Crippen LogP contribution is 2.50. The smallest absolute Gasteiger partial charge is 0.233 e. The van der Waals surface area contributed by atoms with Gasteiger partial charge in [0.25, 0.3) is 0 Å². The molecule has 1 aliphatic heterocycles. The molecule has 1 amide bonds. The summed E-state index contributed by atoms with van der Waals surface area (Å²) in [6.45, 7) is 1.91. The lowest BCUT2D eigenvalue weighted by Gasteiger charge is -2.30. The van der Waals surface area contributed by atoms with Gasteiger partial charge in [0.15, 0.2) is 0 Å². The van der Waals surface area contributed by atoms with E-state index in [9.17, 15) is 4.79 Å². The molecule has 0 unspecified atom stereocenters. The van der Waals surface area contributed by atoms with E-state index in [-0.39, 0.29) is 5.41 Å². The van der Waals surface area contributed by atoms with Gasteiger partial charge in [-0.3, -0.25) is 4.79 Å². The molecule has 1 saturated heterocycles. The van der Waals surface area contributed by atoms with Crippen molar-refractivity contribution in [1.82, 2.24) is 4.90 Å². The number of carbonyl (C=O) groups is 1. The quantitative estimate of drug-likeness (QED) is 0.819. The number of hydrogen-bond acceptors (Lipinski definition) is 1. The Hall–Kier alpha value is -0.830. The van der Waals surface area contributed by atoms with Crippen molar-refractivity contribution in [2.45, 2.75) is 37.5 Å². The minimum absolute atomic E-state index is 0.182. The molecule has 2 fully saturated rings. The lowest BCUT2D eigenvalue weighted by atomic mass is 9.93. The van der Waals surface area contributed by atoms with E-state index < -0.39 is 0 Å². The Morgan fingerprint density at radius 2 is 1.67 bits per heavy atom. The van der Waals surface area contributed by atoms with E-state index in [1.807, 2.05) is 12.1 Å². The SMILES string of the molecule is O=C(N1CCCCC1)C1(c2ccc(Br)cc2)CC1. The van der Waals surface area contributed by atoms with E-state index in [2.05, 4.69) is 33.0 Å². The van der Waals surface area contributed by atoms with Gasteiger partial charge in [-0.1, -0.05) is 28.1 Å². The van der Waals surface area contributed by atoms with Crippen molar-refractivity contribution >= 4 is 21.8 Å².